The van der Waals surface area contributed by atoms with Crippen LogP contribution in [0.1, 0.15) is 76.2 Å². The molecule has 0 bridgehead atoms. The van der Waals surface area contributed by atoms with Crippen LogP contribution in [0.5, 0.6) is 0 Å². The molecule has 25 heavy (non-hydrogen) atoms. The number of aliphatic carboxylic acids is 1. The van der Waals surface area contributed by atoms with Crippen molar-refractivity contribution in [3.63, 3.8) is 0 Å². The quantitative estimate of drug-likeness (QED) is 0.757. The molecule has 2 aliphatic carbocycles. The summed E-state index contributed by atoms with van der Waals surface area (Å²) in [6.45, 7) is 2.17. The average Bonchev–Trinajstić information content (AvgIpc) is 2.56. The Hall–Kier alpha value is -1.65. The Bertz CT molecular complexity index is 610. The fourth-order valence-corrected chi connectivity index (χ4v) is 4.42. The molecule has 0 atom stereocenters. The fraction of sp³-hybridized carbons (Fsp3) is 0.650. The van der Waals surface area contributed by atoms with Crippen molar-refractivity contribution in [2.45, 2.75) is 76.2 Å². The van der Waals surface area contributed by atoms with E-state index >= 15 is 0 Å². The first-order valence-corrected chi connectivity index (χ1v) is 9.42. The van der Waals surface area contributed by atoms with Crippen LogP contribution in [0.25, 0.3) is 0 Å². The molecule has 2 aliphatic rings. The zero-order valence-corrected chi connectivity index (χ0v) is 14.8. The Morgan fingerprint density at radius 3 is 2.16 bits per heavy atom. The van der Waals surface area contributed by atoms with Crippen LogP contribution in [0.2, 0.25) is 0 Å². The predicted octanol–water partition coefficient (Wildman–Crippen LogP) is 5.46. The Morgan fingerprint density at radius 2 is 1.64 bits per heavy atom. The first-order valence-electron chi connectivity index (χ1n) is 9.42. The van der Waals surface area contributed by atoms with E-state index in [1.165, 1.54) is 12.1 Å². The van der Waals surface area contributed by atoms with Crippen molar-refractivity contribution in [2.75, 3.05) is 5.32 Å². The van der Waals surface area contributed by atoms with E-state index in [0.29, 0.717) is 18.8 Å². The second-order valence-electron chi connectivity index (χ2n) is 7.88. The third-order valence-electron chi connectivity index (χ3n) is 6.00. The summed E-state index contributed by atoms with van der Waals surface area (Å²) < 4.78 is 29.3. The molecule has 3 nitrogen and oxygen atoms in total. The number of nitrogens with one attached hydrogen (secondary N) is 1. The third-order valence-corrected chi connectivity index (χ3v) is 6.00. The summed E-state index contributed by atoms with van der Waals surface area (Å²) in [5.41, 5.74) is -0.712. The molecule has 0 saturated heterocycles. The lowest BCUT2D eigenvalue weighted by Crippen LogP contribution is -2.47. The van der Waals surface area contributed by atoms with Gasteiger partial charge in [0.1, 0.15) is 17.2 Å². The first kappa shape index (κ1) is 18.2. The van der Waals surface area contributed by atoms with Crippen LogP contribution < -0.4 is 5.32 Å². The van der Waals surface area contributed by atoms with Crippen LogP contribution in [-0.4, -0.2) is 16.6 Å². The molecular weight excluding hydrogens is 324 g/mol. The topological polar surface area (TPSA) is 49.3 Å². The number of benzene rings is 1. The summed E-state index contributed by atoms with van der Waals surface area (Å²) in [6, 6.07) is 2.55. The molecule has 2 N–H and O–H groups in total. The lowest BCUT2D eigenvalue weighted by atomic mass is 9.79. The lowest BCUT2D eigenvalue weighted by Gasteiger charge is -2.35. The molecule has 138 valence electrons. The number of rotatable bonds is 4. The van der Waals surface area contributed by atoms with Gasteiger partial charge in [-0.15, -0.1) is 0 Å². The summed E-state index contributed by atoms with van der Waals surface area (Å²) in [5, 5.41) is 12.6. The smallest absolute Gasteiger partial charge is 0.329 e. The van der Waals surface area contributed by atoms with Crippen LogP contribution in [0.15, 0.2) is 12.1 Å². The number of hydrogen-bond acceptors (Lipinski definition) is 2. The standard InChI is InChI=1S/C20H27F2NO2/c1-13-5-7-14(8-6-13)18-16(21)11-15(12-17(18)22)23-20(19(24)25)9-3-2-4-10-20/h11-14,23H,2-10H2,1H3,(H,24,25). The molecule has 1 aromatic rings. The maximum Gasteiger partial charge on any atom is 0.329 e. The van der Waals surface area contributed by atoms with Crippen LogP contribution >= 0.6 is 0 Å². The van der Waals surface area contributed by atoms with E-state index in [-0.39, 0.29) is 17.2 Å². The van der Waals surface area contributed by atoms with Crippen molar-refractivity contribution in [3.05, 3.63) is 29.3 Å². The molecule has 0 aromatic heterocycles. The van der Waals surface area contributed by atoms with Crippen molar-refractivity contribution < 1.29 is 18.7 Å². The Balaban J connectivity index is 1.83. The largest absolute Gasteiger partial charge is 0.480 e. The highest BCUT2D eigenvalue weighted by atomic mass is 19.1. The van der Waals surface area contributed by atoms with Crippen LogP contribution in [0.4, 0.5) is 14.5 Å². The van der Waals surface area contributed by atoms with Gasteiger partial charge in [0.25, 0.3) is 0 Å². The number of anilines is 1. The maximum atomic E-state index is 14.6. The lowest BCUT2D eigenvalue weighted by molar-refractivity contribution is -0.143. The van der Waals surface area contributed by atoms with Gasteiger partial charge in [0.05, 0.1) is 0 Å². The minimum atomic E-state index is -1.11. The van der Waals surface area contributed by atoms with Gasteiger partial charge in [-0.2, -0.15) is 0 Å². The van der Waals surface area contributed by atoms with Crippen molar-refractivity contribution in [3.8, 4) is 0 Å². The average molecular weight is 351 g/mol. The van der Waals surface area contributed by atoms with Gasteiger partial charge in [0, 0.05) is 11.3 Å². The van der Waals surface area contributed by atoms with Gasteiger partial charge in [-0.1, -0.05) is 39.0 Å². The van der Waals surface area contributed by atoms with E-state index in [1.54, 1.807) is 0 Å². The minimum Gasteiger partial charge on any atom is -0.480 e. The van der Waals surface area contributed by atoms with E-state index < -0.39 is 23.1 Å². The van der Waals surface area contributed by atoms with Crippen LogP contribution in [0, 0.1) is 17.6 Å². The zero-order chi connectivity index (χ0) is 18.0. The van der Waals surface area contributed by atoms with Gasteiger partial charge in [0.15, 0.2) is 0 Å². The van der Waals surface area contributed by atoms with Crippen LogP contribution in [-0.2, 0) is 4.79 Å². The third kappa shape index (κ3) is 3.80. The zero-order valence-electron chi connectivity index (χ0n) is 14.8. The van der Waals surface area contributed by atoms with Crippen molar-refractivity contribution in [2.24, 2.45) is 5.92 Å². The van der Waals surface area contributed by atoms with E-state index in [1.807, 2.05) is 0 Å². The molecule has 0 spiro atoms. The monoisotopic (exact) mass is 351 g/mol. The molecule has 5 heteroatoms. The molecule has 0 radical (unpaired) electrons. The van der Waals surface area contributed by atoms with E-state index in [4.69, 9.17) is 0 Å². The summed E-state index contributed by atoms with van der Waals surface area (Å²) in [6.07, 6.45) is 7.17. The fourth-order valence-electron chi connectivity index (χ4n) is 4.42. The normalized spacial score (nSPS) is 26.2. The number of carbonyl (C=O) groups is 1. The van der Waals surface area contributed by atoms with Crippen LogP contribution in [0.3, 0.4) is 0 Å². The first-order chi connectivity index (χ1) is 11.9. The summed E-state index contributed by atoms with van der Waals surface area (Å²) >= 11 is 0. The number of carboxylic acids is 1. The second kappa shape index (κ2) is 7.30. The number of carboxylic acid groups (broad SMARTS) is 1. The van der Waals surface area contributed by atoms with Gasteiger partial charge in [-0.25, -0.2) is 13.6 Å². The molecule has 0 aliphatic heterocycles. The predicted molar refractivity (Wildman–Crippen MR) is 93.8 cm³/mol. The van der Waals surface area contributed by atoms with E-state index in [0.717, 1.165) is 44.9 Å². The molecule has 0 amide bonds. The van der Waals surface area contributed by atoms with E-state index in [2.05, 4.69) is 12.2 Å². The molecular formula is C20H27F2NO2. The molecule has 0 heterocycles. The molecule has 3 rings (SSSR count). The summed E-state index contributed by atoms with van der Waals surface area (Å²) in [4.78, 5) is 11.7. The molecule has 2 saturated carbocycles. The molecule has 2 fully saturated rings. The van der Waals surface area contributed by atoms with Crippen molar-refractivity contribution in [1.82, 2.24) is 0 Å². The molecule has 0 unspecified atom stereocenters. The Labute approximate surface area is 147 Å². The highest BCUT2D eigenvalue weighted by Gasteiger charge is 2.40. The van der Waals surface area contributed by atoms with Gasteiger partial charge >= 0.3 is 5.97 Å². The van der Waals surface area contributed by atoms with E-state index in [9.17, 15) is 18.7 Å². The summed E-state index contributed by atoms with van der Waals surface area (Å²) in [7, 11) is 0. The minimum absolute atomic E-state index is 0.0756. The van der Waals surface area contributed by atoms with Crippen molar-refractivity contribution in [1.29, 1.82) is 0 Å². The highest BCUT2D eigenvalue weighted by Crippen LogP contribution is 2.39. The van der Waals surface area contributed by atoms with Gasteiger partial charge < -0.3 is 10.4 Å². The van der Waals surface area contributed by atoms with Gasteiger partial charge in [-0.05, 0) is 49.7 Å². The van der Waals surface area contributed by atoms with Gasteiger partial charge in [0.2, 0.25) is 0 Å². The second-order valence-corrected chi connectivity index (χ2v) is 7.88. The van der Waals surface area contributed by atoms with Crippen molar-refractivity contribution >= 4 is 11.7 Å². The molecule has 1 aromatic carbocycles. The Kier molecular flexibility index (Phi) is 5.30. The summed E-state index contributed by atoms with van der Waals surface area (Å²) in [5.74, 6) is -1.52. The van der Waals surface area contributed by atoms with Gasteiger partial charge in [-0.3, -0.25) is 0 Å². The number of halogens is 2. The number of hydrogen-bond donors (Lipinski definition) is 2. The maximum absolute atomic E-state index is 14.6. The SMILES string of the molecule is CC1CCC(c2c(F)cc(NC3(C(=O)O)CCCCC3)cc2F)CC1. The highest BCUT2D eigenvalue weighted by molar-refractivity contribution is 5.83. The Morgan fingerprint density at radius 1 is 1.08 bits per heavy atom.